The smallest absolute Gasteiger partial charge is 0.0964 e. The Morgan fingerprint density at radius 3 is 2.57 bits per heavy atom. The summed E-state index contributed by atoms with van der Waals surface area (Å²) < 4.78 is 5.35. The Bertz CT molecular complexity index is 494. The first-order chi connectivity index (χ1) is 10.1. The number of nitrogens with one attached hydrogen (secondary N) is 2. The van der Waals surface area contributed by atoms with Crippen LogP contribution in [0.3, 0.4) is 0 Å². The number of benzene rings is 1. The second-order valence-corrected chi connectivity index (χ2v) is 7.29. The quantitative estimate of drug-likeness (QED) is 0.816. The molecule has 1 heterocycles. The van der Waals surface area contributed by atoms with E-state index in [-0.39, 0.29) is 5.41 Å². The molecule has 1 aliphatic heterocycles. The van der Waals surface area contributed by atoms with Crippen molar-refractivity contribution in [2.75, 3.05) is 24.4 Å². The number of rotatable bonds is 6. The Kier molecular flexibility index (Phi) is 4.12. The van der Waals surface area contributed by atoms with Gasteiger partial charge in [0.25, 0.3) is 0 Å². The lowest BCUT2D eigenvalue weighted by Crippen LogP contribution is -2.24. The highest BCUT2D eigenvalue weighted by atomic mass is 16.5. The van der Waals surface area contributed by atoms with Crippen LogP contribution in [-0.2, 0) is 10.2 Å². The molecular weight excluding hydrogens is 260 g/mol. The van der Waals surface area contributed by atoms with Crippen molar-refractivity contribution in [3.63, 3.8) is 0 Å². The zero-order valence-electron chi connectivity index (χ0n) is 13.5. The fourth-order valence-corrected chi connectivity index (χ4v) is 3.39. The van der Waals surface area contributed by atoms with Crippen molar-refractivity contribution in [2.45, 2.75) is 57.5 Å². The third-order valence-electron chi connectivity index (χ3n) is 5.05. The van der Waals surface area contributed by atoms with Gasteiger partial charge in [0, 0.05) is 12.5 Å². The van der Waals surface area contributed by atoms with E-state index in [0.29, 0.717) is 6.17 Å². The number of hydrogen-bond acceptors (Lipinski definition) is 3. The Balaban J connectivity index is 1.63. The molecule has 2 N–H and O–H groups in total. The van der Waals surface area contributed by atoms with E-state index in [0.717, 1.165) is 12.5 Å². The lowest BCUT2D eigenvalue weighted by atomic mass is 9.82. The molecule has 1 fully saturated rings. The molecule has 0 saturated heterocycles. The molecule has 1 unspecified atom stereocenters. The van der Waals surface area contributed by atoms with Gasteiger partial charge < -0.3 is 15.4 Å². The van der Waals surface area contributed by atoms with Gasteiger partial charge in [-0.3, -0.25) is 0 Å². The maximum absolute atomic E-state index is 5.35. The third kappa shape index (κ3) is 3.18. The predicted octanol–water partition coefficient (Wildman–Crippen LogP) is 4.35. The van der Waals surface area contributed by atoms with Crippen LogP contribution in [0.5, 0.6) is 0 Å². The van der Waals surface area contributed by atoms with Crippen molar-refractivity contribution < 1.29 is 4.74 Å². The van der Waals surface area contributed by atoms with Gasteiger partial charge in [0.2, 0.25) is 0 Å². The van der Waals surface area contributed by atoms with Gasteiger partial charge in [0.15, 0.2) is 0 Å². The van der Waals surface area contributed by atoms with Crippen LogP contribution in [0.25, 0.3) is 0 Å². The number of methoxy groups -OCH3 is 1. The van der Waals surface area contributed by atoms with Crippen LogP contribution >= 0.6 is 0 Å². The first-order valence-electron chi connectivity index (χ1n) is 8.25. The molecule has 3 heteroatoms. The average Bonchev–Trinajstić information content (AvgIpc) is 2.78. The van der Waals surface area contributed by atoms with Crippen LogP contribution in [0.15, 0.2) is 18.2 Å². The number of hydrogen-bond donors (Lipinski definition) is 2. The van der Waals surface area contributed by atoms with Crippen molar-refractivity contribution in [3.05, 3.63) is 23.8 Å². The molecule has 1 saturated carbocycles. The van der Waals surface area contributed by atoms with Crippen LogP contribution < -0.4 is 10.6 Å². The molecule has 2 aliphatic rings. The molecule has 1 aromatic rings. The lowest BCUT2D eigenvalue weighted by molar-refractivity contribution is 0.146. The van der Waals surface area contributed by atoms with E-state index in [4.69, 9.17) is 4.74 Å². The minimum Gasteiger partial charge on any atom is -0.384 e. The van der Waals surface area contributed by atoms with Crippen molar-refractivity contribution in [1.82, 2.24) is 0 Å². The molecular formula is C18H28N2O. The molecule has 1 aliphatic carbocycles. The average molecular weight is 288 g/mol. The van der Waals surface area contributed by atoms with E-state index in [1.54, 1.807) is 7.11 Å². The highest BCUT2D eigenvalue weighted by Gasteiger charge is 2.26. The normalized spacial score (nSPS) is 21.4. The molecule has 116 valence electrons. The number of anilines is 2. The Labute approximate surface area is 128 Å². The Hall–Kier alpha value is -1.22. The van der Waals surface area contributed by atoms with Gasteiger partial charge in [0.05, 0.1) is 24.1 Å². The summed E-state index contributed by atoms with van der Waals surface area (Å²) in [6.07, 6.45) is 7.29. The highest BCUT2D eigenvalue weighted by molar-refractivity contribution is 5.75. The largest absolute Gasteiger partial charge is 0.384 e. The standard InChI is InChI=1S/C18H28N2O/c1-18(2,12-21-3)14-8-9-15-16(11-14)20-17(19-15)10-7-13-5-4-6-13/h8-9,11,13,17,19-20H,4-7,10,12H2,1-3H3. The van der Waals surface area contributed by atoms with Crippen LogP contribution in [0.1, 0.15) is 51.5 Å². The van der Waals surface area contributed by atoms with E-state index >= 15 is 0 Å². The van der Waals surface area contributed by atoms with Gasteiger partial charge in [0.1, 0.15) is 0 Å². The maximum atomic E-state index is 5.35. The van der Waals surface area contributed by atoms with Crippen molar-refractivity contribution >= 4 is 11.4 Å². The minimum absolute atomic E-state index is 0.0511. The fraction of sp³-hybridized carbons (Fsp3) is 0.667. The summed E-state index contributed by atoms with van der Waals surface area (Å²) in [7, 11) is 1.77. The summed E-state index contributed by atoms with van der Waals surface area (Å²) in [5.41, 5.74) is 3.87. The summed E-state index contributed by atoms with van der Waals surface area (Å²) in [5, 5.41) is 7.25. The van der Waals surface area contributed by atoms with Crippen molar-refractivity contribution in [1.29, 1.82) is 0 Å². The van der Waals surface area contributed by atoms with Gasteiger partial charge >= 0.3 is 0 Å². The molecule has 0 amide bonds. The van der Waals surface area contributed by atoms with Crippen LogP contribution in [0.2, 0.25) is 0 Å². The van der Waals surface area contributed by atoms with Crippen molar-refractivity contribution in [2.24, 2.45) is 5.92 Å². The summed E-state index contributed by atoms with van der Waals surface area (Å²) in [6, 6.07) is 6.71. The zero-order valence-corrected chi connectivity index (χ0v) is 13.5. The van der Waals surface area contributed by atoms with Gasteiger partial charge in [-0.25, -0.2) is 0 Å². The predicted molar refractivity (Wildman–Crippen MR) is 89.0 cm³/mol. The Morgan fingerprint density at radius 2 is 1.90 bits per heavy atom. The number of ether oxygens (including phenoxy) is 1. The zero-order chi connectivity index (χ0) is 14.9. The lowest BCUT2D eigenvalue weighted by Gasteiger charge is -2.26. The molecule has 21 heavy (non-hydrogen) atoms. The molecule has 1 aromatic carbocycles. The van der Waals surface area contributed by atoms with Crippen LogP contribution in [-0.4, -0.2) is 19.9 Å². The van der Waals surface area contributed by atoms with Crippen LogP contribution in [0, 0.1) is 5.92 Å². The molecule has 3 rings (SSSR count). The van der Waals surface area contributed by atoms with Gasteiger partial charge in [-0.1, -0.05) is 39.2 Å². The molecule has 0 bridgehead atoms. The summed E-state index contributed by atoms with van der Waals surface area (Å²) in [6.45, 7) is 5.20. The SMILES string of the molecule is COCC(C)(C)c1ccc2c(c1)NC(CCC1CCC1)N2. The third-order valence-corrected chi connectivity index (χ3v) is 5.05. The monoisotopic (exact) mass is 288 g/mol. The van der Waals surface area contributed by atoms with Crippen LogP contribution in [0.4, 0.5) is 11.4 Å². The van der Waals surface area contributed by atoms with Gasteiger partial charge in [-0.15, -0.1) is 0 Å². The molecule has 1 atom stereocenters. The van der Waals surface area contributed by atoms with E-state index in [1.807, 2.05) is 0 Å². The highest BCUT2D eigenvalue weighted by Crippen LogP contribution is 2.37. The Morgan fingerprint density at radius 1 is 1.14 bits per heavy atom. The summed E-state index contributed by atoms with van der Waals surface area (Å²) in [4.78, 5) is 0. The molecule has 0 spiro atoms. The van der Waals surface area contributed by atoms with E-state index < -0.39 is 0 Å². The van der Waals surface area contributed by atoms with Gasteiger partial charge in [-0.05, 0) is 36.5 Å². The maximum Gasteiger partial charge on any atom is 0.0964 e. The number of fused-ring (bicyclic) bond motifs is 1. The molecule has 0 radical (unpaired) electrons. The first kappa shape index (κ1) is 14.7. The van der Waals surface area contributed by atoms with E-state index in [9.17, 15) is 0 Å². The fourth-order valence-electron chi connectivity index (χ4n) is 3.39. The topological polar surface area (TPSA) is 33.3 Å². The van der Waals surface area contributed by atoms with E-state index in [2.05, 4.69) is 42.7 Å². The summed E-state index contributed by atoms with van der Waals surface area (Å²) in [5.74, 6) is 0.980. The first-order valence-corrected chi connectivity index (χ1v) is 8.25. The van der Waals surface area contributed by atoms with Gasteiger partial charge in [-0.2, -0.15) is 0 Å². The second-order valence-electron chi connectivity index (χ2n) is 7.29. The second kappa shape index (κ2) is 5.88. The van der Waals surface area contributed by atoms with E-state index in [1.165, 1.54) is 49.0 Å². The van der Waals surface area contributed by atoms with Crippen molar-refractivity contribution in [3.8, 4) is 0 Å². The molecule has 3 nitrogen and oxygen atoms in total. The molecule has 0 aromatic heterocycles. The minimum atomic E-state index is 0.0511. The summed E-state index contributed by atoms with van der Waals surface area (Å²) >= 11 is 0.